The van der Waals surface area contributed by atoms with Crippen LogP contribution in [0.3, 0.4) is 0 Å². The van der Waals surface area contributed by atoms with E-state index < -0.39 is 5.82 Å². The molecule has 4 rings (SSSR count). The molecule has 2 aromatic heterocycles. The highest BCUT2D eigenvalue weighted by atomic mass is 19.1. The quantitative estimate of drug-likeness (QED) is 0.294. The summed E-state index contributed by atoms with van der Waals surface area (Å²) in [6.07, 6.45) is 5.78. The van der Waals surface area contributed by atoms with Crippen molar-refractivity contribution in [1.29, 1.82) is 0 Å². The fraction of sp³-hybridized carbons (Fsp3) is 0.167. The van der Waals surface area contributed by atoms with Crippen LogP contribution < -0.4 is 15.4 Å². The predicted molar refractivity (Wildman–Crippen MR) is 121 cm³/mol. The smallest absolute Gasteiger partial charge is 0.191 e. The molecule has 0 bridgehead atoms. The largest absolute Gasteiger partial charge is 0.453 e. The molecule has 32 heavy (non-hydrogen) atoms. The van der Waals surface area contributed by atoms with Crippen molar-refractivity contribution in [3.05, 3.63) is 89.9 Å². The first-order valence-electron chi connectivity index (χ1n) is 10.2. The van der Waals surface area contributed by atoms with Crippen LogP contribution in [-0.2, 0) is 13.0 Å². The molecule has 0 aliphatic rings. The zero-order valence-electron chi connectivity index (χ0n) is 17.5. The van der Waals surface area contributed by atoms with Crippen molar-refractivity contribution in [2.45, 2.75) is 13.0 Å². The molecule has 6 nitrogen and oxygen atoms in total. The maximum atomic E-state index is 14.4. The van der Waals surface area contributed by atoms with Crippen molar-refractivity contribution in [3.8, 4) is 11.5 Å². The first kappa shape index (κ1) is 21.3. The van der Waals surface area contributed by atoms with Crippen molar-refractivity contribution in [2.75, 3.05) is 13.6 Å². The maximum Gasteiger partial charge on any atom is 0.191 e. The number of aromatic amines is 1. The van der Waals surface area contributed by atoms with Crippen LogP contribution in [0.25, 0.3) is 10.9 Å². The Morgan fingerprint density at radius 2 is 2.03 bits per heavy atom. The Balaban J connectivity index is 1.29. The Kier molecular flexibility index (Phi) is 6.60. The van der Waals surface area contributed by atoms with Gasteiger partial charge in [0.1, 0.15) is 11.6 Å². The van der Waals surface area contributed by atoms with Gasteiger partial charge in [0.15, 0.2) is 17.5 Å². The van der Waals surface area contributed by atoms with Crippen LogP contribution in [0.1, 0.15) is 11.1 Å². The second-order valence-corrected chi connectivity index (χ2v) is 7.16. The summed E-state index contributed by atoms with van der Waals surface area (Å²) >= 11 is 0. The third kappa shape index (κ3) is 5.21. The van der Waals surface area contributed by atoms with Gasteiger partial charge in [-0.25, -0.2) is 8.78 Å². The van der Waals surface area contributed by atoms with Crippen LogP contribution in [0.2, 0.25) is 0 Å². The molecule has 0 aliphatic carbocycles. The van der Waals surface area contributed by atoms with Gasteiger partial charge in [-0.2, -0.15) is 0 Å². The fourth-order valence-corrected chi connectivity index (χ4v) is 3.36. The molecule has 3 N–H and O–H groups in total. The molecule has 0 spiro atoms. The lowest BCUT2D eigenvalue weighted by molar-refractivity contribution is 0.440. The van der Waals surface area contributed by atoms with E-state index in [2.05, 4.69) is 25.6 Å². The van der Waals surface area contributed by atoms with E-state index in [4.69, 9.17) is 4.74 Å². The minimum atomic E-state index is -0.452. The molecule has 0 unspecified atom stereocenters. The second-order valence-electron chi connectivity index (χ2n) is 7.16. The van der Waals surface area contributed by atoms with E-state index in [1.54, 1.807) is 43.6 Å². The number of aromatic nitrogens is 2. The summed E-state index contributed by atoms with van der Waals surface area (Å²) in [6.45, 7) is 1.03. The molecule has 0 amide bonds. The molecule has 0 radical (unpaired) electrons. The summed E-state index contributed by atoms with van der Waals surface area (Å²) in [5, 5.41) is 7.41. The van der Waals surface area contributed by atoms with Gasteiger partial charge in [0, 0.05) is 43.4 Å². The maximum absolute atomic E-state index is 14.4. The summed E-state index contributed by atoms with van der Waals surface area (Å²) in [4.78, 5) is 11.2. The number of nitrogens with one attached hydrogen (secondary N) is 3. The van der Waals surface area contributed by atoms with Crippen LogP contribution in [0.5, 0.6) is 11.5 Å². The van der Waals surface area contributed by atoms with Crippen LogP contribution in [0.4, 0.5) is 8.78 Å². The van der Waals surface area contributed by atoms with Gasteiger partial charge in [-0.1, -0.05) is 6.07 Å². The highest BCUT2D eigenvalue weighted by molar-refractivity contribution is 5.83. The molecule has 0 aliphatic heterocycles. The Hall–Kier alpha value is -3.94. The average molecular weight is 435 g/mol. The van der Waals surface area contributed by atoms with E-state index in [0.29, 0.717) is 24.8 Å². The highest BCUT2D eigenvalue weighted by Gasteiger charge is 2.08. The number of pyridine rings is 1. The second kappa shape index (κ2) is 9.91. The lowest BCUT2D eigenvalue weighted by Crippen LogP contribution is -2.37. The number of fused-ring (bicyclic) bond motifs is 1. The van der Waals surface area contributed by atoms with Gasteiger partial charge in [-0.15, -0.1) is 0 Å². The first-order valence-corrected chi connectivity index (χ1v) is 10.2. The Morgan fingerprint density at radius 1 is 1.12 bits per heavy atom. The van der Waals surface area contributed by atoms with Crippen LogP contribution in [0.15, 0.2) is 72.1 Å². The SMILES string of the molecule is CN=C(NCCc1c[nH]c2cc(F)ccc12)NCc1ccc(Oc2cccnc2)c(F)c1. The highest BCUT2D eigenvalue weighted by Crippen LogP contribution is 2.24. The number of benzene rings is 2. The molecule has 0 fully saturated rings. The summed E-state index contributed by atoms with van der Waals surface area (Å²) in [5.41, 5.74) is 2.62. The molecule has 2 heterocycles. The monoisotopic (exact) mass is 435 g/mol. The van der Waals surface area contributed by atoms with Crippen molar-refractivity contribution in [1.82, 2.24) is 20.6 Å². The van der Waals surface area contributed by atoms with Gasteiger partial charge in [-0.05, 0) is 60.0 Å². The molecule has 164 valence electrons. The lowest BCUT2D eigenvalue weighted by Gasteiger charge is -2.13. The summed E-state index contributed by atoms with van der Waals surface area (Å²) in [7, 11) is 1.68. The number of guanidine groups is 1. The zero-order chi connectivity index (χ0) is 22.3. The molecule has 4 aromatic rings. The molecular weight excluding hydrogens is 412 g/mol. The Bertz CT molecular complexity index is 1220. The topological polar surface area (TPSA) is 74.3 Å². The minimum Gasteiger partial charge on any atom is -0.453 e. The van der Waals surface area contributed by atoms with Gasteiger partial charge in [-0.3, -0.25) is 9.98 Å². The van der Waals surface area contributed by atoms with Crippen molar-refractivity contribution < 1.29 is 13.5 Å². The molecule has 8 heteroatoms. The van der Waals surface area contributed by atoms with Crippen molar-refractivity contribution >= 4 is 16.9 Å². The van der Waals surface area contributed by atoms with E-state index in [-0.39, 0.29) is 11.6 Å². The summed E-state index contributed by atoms with van der Waals surface area (Å²) < 4.78 is 33.3. The molecule has 0 saturated heterocycles. The first-order chi connectivity index (χ1) is 15.6. The molecule has 2 aromatic carbocycles. The fourth-order valence-electron chi connectivity index (χ4n) is 3.36. The van der Waals surface area contributed by atoms with E-state index in [1.807, 2.05) is 6.20 Å². The number of hydrogen-bond donors (Lipinski definition) is 3. The van der Waals surface area contributed by atoms with E-state index in [9.17, 15) is 8.78 Å². The molecular formula is C24H23F2N5O. The summed E-state index contributed by atoms with van der Waals surface area (Å²) in [5.74, 6) is 0.505. The third-order valence-electron chi connectivity index (χ3n) is 4.96. The van der Waals surface area contributed by atoms with E-state index in [0.717, 1.165) is 28.5 Å². The normalized spacial score (nSPS) is 11.5. The molecule has 0 saturated carbocycles. The van der Waals surface area contributed by atoms with Gasteiger partial charge < -0.3 is 20.4 Å². The van der Waals surface area contributed by atoms with E-state index in [1.165, 1.54) is 24.4 Å². The minimum absolute atomic E-state index is 0.142. The number of nitrogens with zero attached hydrogens (tertiary/aromatic N) is 2. The van der Waals surface area contributed by atoms with Gasteiger partial charge in [0.2, 0.25) is 0 Å². The number of ether oxygens (including phenoxy) is 1. The standard InChI is InChI=1S/C24H23F2N5O/c1-27-24(29-10-8-17-14-30-22-12-18(25)5-6-20(17)22)31-13-16-4-7-23(21(26)11-16)32-19-3-2-9-28-15-19/h2-7,9,11-12,14-15,30H,8,10,13H2,1H3,(H2,27,29,31). The lowest BCUT2D eigenvalue weighted by atomic mass is 10.1. The number of rotatable bonds is 7. The van der Waals surface area contributed by atoms with Gasteiger partial charge in [0.05, 0.1) is 6.20 Å². The number of aliphatic imine (C=N–C) groups is 1. The zero-order valence-corrected chi connectivity index (χ0v) is 17.5. The summed E-state index contributed by atoms with van der Waals surface area (Å²) in [6, 6.07) is 13.0. The van der Waals surface area contributed by atoms with Gasteiger partial charge >= 0.3 is 0 Å². The van der Waals surface area contributed by atoms with Crippen LogP contribution in [-0.4, -0.2) is 29.5 Å². The van der Waals surface area contributed by atoms with E-state index >= 15 is 0 Å². The van der Waals surface area contributed by atoms with Crippen LogP contribution >= 0.6 is 0 Å². The Morgan fingerprint density at radius 3 is 2.81 bits per heavy atom. The number of hydrogen-bond acceptors (Lipinski definition) is 3. The average Bonchev–Trinajstić information content (AvgIpc) is 3.20. The molecule has 0 atom stereocenters. The van der Waals surface area contributed by atoms with Crippen molar-refractivity contribution in [2.24, 2.45) is 4.99 Å². The number of H-pyrrole nitrogens is 1. The van der Waals surface area contributed by atoms with Crippen molar-refractivity contribution in [3.63, 3.8) is 0 Å². The predicted octanol–water partition coefficient (Wildman–Crippen LogP) is 4.54. The Labute approximate surface area is 184 Å². The van der Waals surface area contributed by atoms with Crippen LogP contribution in [0, 0.1) is 11.6 Å². The van der Waals surface area contributed by atoms with Gasteiger partial charge in [0.25, 0.3) is 0 Å². The number of halogens is 2. The third-order valence-corrected chi connectivity index (χ3v) is 4.96.